The molecule has 2 N–H and O–H groups in total. The zero-order chi connectivity index (χ0) is 19.1. The lowest BCUT2D eigenvalue weighted by molar-refractivity contribution is 0.107. The van der Waals surface area contributed by atoms with Gasteiger partial charge < -0.3 is 15.5 Å². The van der Waals surface area contributed by atoms with E-state index in [2.05, 4.69) is 71.5 Å². The van der Waals surface area contributed by atoms with Crippen molar-refractivity contribution in [3.05, 3.63) is 35.9 Å². The molecule has 1 atom stereocenters. The molecule has 1 aliphatic carbocycles. The van der Waals surface area contributed by atoms with E-state index >= 15 is 0 Å². The molecule has 5 nitrogen and oxygen atoms in total. The van der Waals surface area contributed by atoms with Crippen LogP contribution in [0.4, 0.5) is 0 Å². The monoisotopic (exact) mass is 371 g/mol. The second-order valence-electron chi connectivity index (χ2n) is 8.04. The van der Waals surface area contributed by atoms with Crippen molar-refractivity contribution < 1.29 is 0 Å². The standard InChI is InChI=1S/C22H37N5/c1-4-23-21(24-17-19(3)27-15-13-26(5-2)14-16-27)25-18-22(11-12-22)20-9-7-6-8-10-20/h6-10,19H,4-5,11-18H2,1-3H3,(H2,23,24,25). The van der Waals surface area contributed by atoms with Crippen molar-refractivity contribution in [1.29, 1.82) is 0 Å². The van der Waals surface area contributed by atoms with Crippen LogP contribution in [0.25, 0.3) is 0 Å². The van der Waals surface area contributed by atoms with Crippen molar-refractivity contribution >= 4 is 5.96 Å². The summed E-state index contributed by atoms with van der Waals surface area (Å²) < 4.78 is 0. The molecule has 1 aliphatic heterocycles. The maximum absolute atomic E-state index is 4.93. The summed E-state index contributed by atoms with van der Waals surface area (Å²) in [4.78, 5) is 10.1. The molecule has 5 heteroatoms. The molecule has 150 valence electrons. The first kappa shape index (κ1) is 20.2. The zero-order valence-electron chi connectivity index (χ0n) is 17.4. The number of likely N-dealkylation sites (N-methyl/N-ethyl adjacent to an activating group) is 1. The van der Waals surface area contributed by atoms with Crippen molar-refractivity contribution in [1.82, 2.24) is 20.4 Å². The molecule has 1 saturated carbocycles. The van der Waals surface area contributed by atoms with Gasteiger partial charge in [-0.2, -0.15) is 0 Å². The largest absolute Gasteiger partial charge is 0.357 e. The van der Waals surface area contributed by atoms with Gasteiger partial charge in [0.25, 0.3) is 0 Å². The van der Waals surface area contributed by atoms with Gasteiger partial charge in [0.2, 0.25) is 0 Å². The Balaban J connectivity index is 1.51. The van der Waals surface area contributed by atoms with Gasteiger partial charge in [0.05, 0.1) is 6.54 Å². The van der Waals surface area contributed by atoms with Crippen LogP contribution in [0.5, 0.6) is 0 Å². The molecule has 1 saturated heterocycles. The van der Waals surface area contributed by atoms with Crippen LogP contribution in [-0.2, 0) is 5.41 Å². The van der Waals surface area contributed by atoms with E-state index in [1.165, 1.54) is 51.1 Å². The SMILES string of the molecule is CCNC(=NCC1(c2ccccc2)CC1)NCC(C)N1CCN(CC)CC1. The van der Waals surface area contributed by atoms with Gasteiger partial charge in [-0.25, -0.2) is 0 Å². The summed E-state index contributed by atoms with van der Waals surface area (Å²) in [6.07, 6.45) is 2.50. The molecule has 27 heavy (non-hydrogen) atoms. The van der Waals surface area contributed by atoms with Gasteiger partial charge in [0, 0.05) is 50.7 Å². The summed E-state index contributed by atoms with van der Waals surface area (Å²) in [6, 6.07) is 11.4. The Bertz CT molecular complexity index is 588. The summed E-state index contributed by atoms with van der Waals surface area (Å²) in [5, 5.41) is 7.00. The van der Waals surface area contributed by atoms with Crippen LogP contribution in [0.1, 0.15) is 39.2 Å². The Morgan fingerprint density at radius 1 is 1.07 bits per heavy atom. The highest BCUT2D eigenvalue weighted by molar-refractivity contribution is 5.79. The number of nitrogens with one attached hydrogen (secondary N) is 2. The minimum absolute atomic E-state index is 0.270. The quantitative estimate of drug-likeness (QED) is 0.544. The predicted molar refractivity (Wildman–Crippen MR) is 114 cm³/mol. The van der Waals surface area contributed by atoms with Crippen molar-refractivity contribution in [2.75, 3.05) is 52.4 Å². The van der Waals surface area contributed by atoms with Crippen LogP contribution in [0, 0.1) is 0 Å². The van der Waals surface area contributed by atoms with Crippen molar-refractivity contribution in [2.45, 2.75) is 45.1 Å². The number of hydrogen-bond donors (Lipinski definition) is 2. The maximum Gasteiger partial charge on any atom is 0.191 e. The fourth-order valence-electron chi connectivity index (χ4n) is 3.95. The van der Waals surface area contributed by atoms with Gasteiger partial charge in [-0.05, 0) is 38.8 Å². The van der Waals surface area contributed by atoms with E-state index in [-0.39, 0.29) is 5.41 Å². The summed E-state index contributed by atoms with van der Waals surface area (Å²) in [7, 11) is 0. The molecule has 1 heterocycles. The van der Waals surface area contributed by atoms with Crippen molar-refractivity contribution in [2.24, 2.45) is 4.99 Å². The zero-order valence-corrected chi connectivity index (χ0v) is 17.4. The first-order chi connectivity index (χ1) is 13.2. The summed E-state index contributed by atoms with van der Waals surface area (Å²) >= 11 is 0. The van der Waals surface area contributed by atoms with Gasteiger partial charge >= 0.3 is 0 Å². The van der Waals surface area contributed by atoms with E-state index in [9.17, 15) is 0 Å². The molecular weight excluding hydrogens is 334 g/mol. The second kappa shape index (κ2) is 9.56. The van der Waals surface area contributed by atoms with E-state index in [0.717, 1.165) is 25.6 Å². The number of piperazine rings is 1. The van der Waals surface area contributed by atoms with Crippen LogP contribution < -0.4 is 10.6 Å². The van der Waals surface area contributed by atoms with Gasteiger partial charge in [0.15, 0.2) is 5.96 Å². The number of guanidine groups is 1. The lowest BCUT2D eigenvalue weighted by Crippen LogP contribution is -2.53. The van der Waals surface area contributed by atoms with Gasteiger partial charge in [-0.1, -0.05) is 37.3 Å². The van der Waals surface area contributed by atoms with Crippen LogP contribution >= 0.6 is 0 Å². The smallest absolute Gasteiger partial charge is 0.191 e. The number of rotatable bonds is 8. The van der Waals surface area contributed by atoms with E-state index in [1.54, 1.807) is 0 Å². The summed E-state index contributed by atoms with van der Waals surface area (Å²) in [5.74, 6) is 0.957. The van der Waals surface area contributed by atoms with Gasteiger partial charge in [-0.15, -0.1) is 0 Å². The Morgan fingerprint density at radius 2 is 1.78 bits per heavy atom. The molecule has 2 aliphatic rings. The van der Waals surface area contributed by atoms with Crippen molar-refractivity contribution in [3.8, 4) is 0 Å². The highest BCUT2D eigenvalue weighted by Crippen LogP contribution is 2.48. The molecular formula is C22H37N5. The third kappa shape index (κ3) is 5.45. The van der Waals surface area contributed by atoms with E-state index < -0.39 is 0 Å². The Morgan fingerprint density at radius 3 is 2.37 bits per heavy atom. The van der Waals surface area contributed by atoms with Gasteiger partial charge in [-0.3, -0.25) is 9.89 Å². The molecule has 0 radical (unpaired) electrons. The van der Waals surface area contributed by atoms with Crippen LogP contribution in [0.2, 0.25) is 0 Å². The van der Waals surface area contributed by atoms with Crippen LogP contribution in [0.3, 0.4) is 0 Å². The molecule has 0 aromatic heterocycles. The third-order valence-electron chi connectivity index (χ3n) is 6.17. The van der Waals surface area contributed by atoms with E-state index in [4.69, 9.17) is 4.99 Å². The summed E-state index contributed by atoms with van der Waals surface area (Å²) in [5.41, 5.74) is 1.71. The third-order valence-corrected chi connectivity index (χ3v) is 6.17. The first-order valence-electron chi connectivity index (χ1n) is 10.7. The number of nitrogens with zero attached hydrogens (tertiary/aromatic N) is 3. The molecule has 1 unspecified atom stereocenters. The first-order valence-corrected chi connectivity index (χ1v) is 10.7. The normalized spacial score (nSPS) is 21.7. The minimum Gasteiger partial charge on any atom is -0.357 e. The number of benzene rings is 1. The van der Waals surface area contributed by atoms with Crippen LogP contribution in [0.15, 0.2) is 35.3 Å². The Hall–Kier alpha value is -1.59. The molecule has 2 fully saturated rings. The minimum atomic E-state index is 0.270. The number of hydrogen-bond acceptors (Lipinski definition) is 3. The molecule has 3 rings (SSSR count). The fourth-order valence-corrected chi connectivity index (χ4v) is 3.95. The van der Waals surface area contributed by atoms with Crippen LogP contribution in [-0.4, -0.2) is 74.2 Å². The maximum atomic E-state index is 4.93. The molecule has 0 amide bonds. The molecule has 0 bridgehead atoms. The lowest BCUT2D eigenvalue weighted by atomic mass is 9.96. The molecule has 1 aromatic rings. The predicted octanol–water partition coefficient (Wildman–Crippen LogP) is 2.30. The van der Waals surface area contributed by atoms with Gasteiger partial charge in [0.1, 0.15) is 0 Å². The average molecular weight is 372 g/mol. The fraction of sp³-hybridized carbons (Fsp3) is 0.682. The second-order valence-corrected chi connectivity index (χ2v) is 8.04. The van der Waals surface area contributed by atoms with E-state index in [1.807, 2.05) is 0 Å². The Labute approximate surface area is 165 Å². The molecule has 1 aromatic carbocycles. The Kier molecular flexibility index (Phi) is 7.13. The van der Waals surface area contributed by atoms with Crippen molar-refractivity contribution in [3.63, 3.8) is 0 Å². The topological polar surface area (TPSA) is 42.9 Å². The van der Waals surface area contributed by atoms with E-state index in [0.29, 0.717) is 6.04 Å². The highest BCUT2D eigenvalue weighted by atomic mass is 15.3. The average Bonchev–Trinajstić information content (AvgIpc) is 3.52. The molecule has 0 spiro atoms. The lowest BCUT2D eigenvalue weighted by Gasteiger charge is -2.37. The summed E-state index contributed by atoms with van der Waals surface area (Å²) in [6.45, 7) is 15.3. The highest BCUT2D eigenvalue weighted by Gasteiger charge is 2.44. The number of aliphatic imine (C=N–C) groups is 1.